The van der Waals surface area contributed by atoms with Gasteiger partial charge in [0.15, 0.2) is 0 Å². The average Bonchev–Trinajstić information content (AvgIpc) is 2.37. The number of hydrogen-bond donors (Lipinski definition) is 2. The fourth-order valence-electron chi connectivity index (χ4n) is 1.47. The molecule has 104 valence electrons. The zero-order chi connectivity index (χ0) is 14.4. The van der Waals surface area contributed by atoms with Crippen LogP contribution in [0.1, 0.15) is 16.8 Å². The van der Waals surface area contributed by atoms with Crippen LogP contribution in [0.3, 0.4) is 0 Å². The van der Waals surface area contributed by atoms with Gasteiger partial charge >= 0.3 is 0 Å². The fourth-order valence-corrected chi connectivity index (χ4v) is 1.47. The first-order chi connectivity index (χ1) is 8.95. The maximum Gasteiger partial charge on any atom is 0.256 e. The zero-order valence-electron chi connectivity index (χ0n) is 11.3. The minimum atomic E-state index is -0.605. The molecule has 0 bridgehead atoms. The van der Waals surface area contributed by atoms with Gasteiger partial charge in [0.2, 0.25) is 5.91 Å². The Balaban J connectivity index is 2.84. The SMILES string of the molecule is CNCCC(=O)Nc1ccc(F)c(C(=O)N(C)C)c1. The summed E-state index contributed by atoms with van der Waals surface area (Å²) in [5, 5.41) is 5.48. The van der Waals surface area contributed by atoms with Crippen LogP contribution in [0, 0.1) is 5.82 Å². The van der Waals surface area contributed by atoms with Crippen molar-refractivity contribution in [1.29, 1.82) is 0 Å². The Morgan fingerprint density at radius 3 is 2.58 bits per heavy atom. The summed E-state index contributed by atoms with van der Waals surface area (Å²) >= 11 is 0. The number of nitrogens with zero attached hydrogens (tertiary/aromatic N) is 1. The van der Waals surface area contributed by atoms with E-state index < -0.39 is 11.7 Å². The Kier molecular flexibility index (Phi) is 5.44. The summed E-state index contributed by atoms with van der Waals surface area (Å²) in [4.78, 5) is 24.6. The number of anilines is 1. The molecule has 0 radical (unpaired) electrons. The summed E-state index contributed by atoms with van der Waals surface area (Å²) in [7, 11) is 4.83. The highest BCUT2D eigenvalue weighted by molar-refractivity contribution is 5.97. The third-order valence-electron chi connectivity index (χ3n) is 2.49. The summed E-state index contributed by atoms with van der Waals surface area (Å²) in [6, 6.07) is 3.94. The molecule has 0 saturated carbocycles. The summed E-state index contributed by atoms with van der Waals surface area (Å²) in [5.41, 5.74) is 0.351. The molecule has 2 amide bonds. The van der Waals surface area contributed by atoms with Crippen LogP contribution in [-0.4, -0.2) is 44.4 Å². The van der Waals surface area contributed by atoms with Crippen LogP contribution in [-0.2, 0) is 4.79 Å². The number of nitrogens with one attached hydrogen (secondary N) is 2. The van der Waals surface area contributed by atoms with Crippen LogP contribution in [0.5, 0.6) is 0 Å². The van der Waals surface area contributed by atoms with E-state index >= 15 is 0 Å². The lowest BCUT2D eigenvalue weighted by molar-refractivity contribution is -0.116. The Morgan fingerprint density at radius 1 is 1.32 bits per heavy atom. The lowest BCUT2D eigenvalue weighted by atomic mass is 10.1. The number of rotatable bonds is 5. The maximum atomic E-state index is 13.6. The highest BCUT2D eigenvalue weighted by Gasteiger charge is 2.14. The lowest BCUT2D eigenvalue weighted by Gasteiger charge is -2.12. The van der Waals surface area contributed by atoms with Gasteiger partial charge in [-0.1, -0.05) is 0 Å². The number of carbonyl (C=O) groups is 2. The molecule has 1 aromatic rings. The van der Waals surface area contributed by atoms with Gasteiger partial charge in [0, 0.05) is 32.7 Å². The van der Waals surface area contributed by atoms with Gasteiger partial charge in [0.05, 0.1) is 5.56 Å². The average molecular weight is 267 g/mol. The monoisotopic (exact) mass is 267 g/mol. The van der Waals surface area contributed by atoms with Crippen molar-refractivity contribution in [3.8, 4) is 0 Å². The molecule has 0 atom stereocenters. The van der Waals surface area contributed by atoms with Crippen molar-refractivity contribution >= 4 is 17.5 Å². The fraction of sp³-hybridized carbons (Fsp3) is 0.385. The third kappa shape index (κ3) is 4.33. The molecule has 5 nitrogen and oxygen atoms in total. The standard InChI is InChI=1S/C13H18FN3O2/c1-15-7-6-12(18)16-9-4-5-11(14)10(8-9)13(19)17(2)3/h4-5,8,15H,6-7H2,1-3H3,(H,16,18). The molecule has 1 rings (SSSR count). The predicted molar refractivity (Wildman–Crippen MR) is 71.6 cm³/mol. The van der Waals surface area contributed by atoms with Gasteiger partial charge in [-0.25, -0.2) is 4.39 Å². The van der Waals surface area contributed by atoms with E-state index in [0.717, 1.165) is 0 Å². The van der Waals surface area contributed by atoms with Crippen LogP contribution in [0.4, 0.5) is 10.1 Å². The molecule has 0 aromatic heterocycles. The van der Waals surface area contributed by atoms with Gasteiger partial charge in [-0.15, -0.1) is 0 Å². The molecule has 0 aliphatic heterocycles. The van der Waals surface area contributed by atoms with E-state index in [2.05, 4.69) is 10.6 Å². The summed E-state index contributed by atoms with van der Waals surface area (Å²) in [6.07, 6.45) is 0.310. The molecule has 6 heteroatoms. The van der Waals surface area contributed by atoms with Crippen LogP contribution in [0.2, 0.25) is 0 Å². The van der Waals surface area contributed by atoms with E-state index in [-0.39, 0.29) is 11.5 Å². The predicted octanol–water partition coefficient (Wildman–Crippen LogP) is 1.08. The van der Waals surface area contributed by atoms with Crippen LogP contribution in [0.25, 0.3) is 0 Å². The quantitative estimate of drug-likeness (QED) is 0.839. The number of hydrogen-bond acceptors (Lipinski definition) is 3. The minimum absolute atomic E-state index is 0.0589. The summed E-state index contributed by atoms with van der Waals surface area (Å²) < 4.78 is 13.6. The molecule has 0 spiro atoms. The molecule has 19 heavy (non-hydrogen) atoms. The van der Waals surface area contributed by atoms with E-state index in [4.69, 9.17) is 0 Å². The van der Waals surface area contributed by atoms with Crippen molar-refractivity contribution in [3.63, 3.8) is 0 Å². The molecule has 1 aromatic carbocycles. The number of benzene rings is 1. The minimum Gasteiger partial charge on any atom is -0.345 e. The molecule has 0 aliphatic rings. The van der Waals surface area contributed by atoms with Crippen molar-refractivity contribution in [2.75, 3.05) is 33.0 Å². The van der Waals surface area contributed by atoms with Gasteiger partial charge in [0.1, 0.15) is 5.82 Å². The molecule has 0 aliphatic carbocycles. The van der Waals surface area contributed by atoms with Crippen LogP contribution < -0.4 is 10.6 Å². The normalized spacial score (nSPS) is 10.1. The van der Waals surface area contributed by atoms with E-state index in [1.54, 1.807) is 21.1 Å². The first-order valence-electron chi connectivity index (χ1n) is 5.91. The number of amides is 2. The highest BCUT2D eigenvalue weighted by Crippen LogP contribution is 2.16. The van der Waals surface area contributed by atoms with E-state index in [1.807, 2.05) is 0 Å². The molecule has 0 saturated heterocycles. The van der Waals surface area contributed by atoms with Crippen LogP contribution in [0.15, 0.2) is 18.2 Å². The lowest BCUT2D eigenvalue weighted by Crippen LogP contribution is -2.23. The number of halogens is 1. The second-order valence-corrected chi connectivity index (χ2v) is 4.30. The van der Waals surface area contributed by atoms with Gasteiger partial charge in [-0.3, -0.25) is 9.59 Å². The van der Waals surface area contributed by atoms with Gasteiger partial charge < -0.3 is 15.5 Å². The largest absolute Gasteiger partial charge is 0.345 e. The van der Waals surface area contributed by atoms with E-state index in [0.29, 0.717) is 18.7 Å². The second kappa shape index (κ2) is 6.84. The smallest absolute Gasteiger partial charge is 0.256 e. The van der Waals surface area contributed by atoms with Gasteiger partial charge in [-0.05, 0) is 25.2 Å². The molecule has 0 unspecified atom stereocenters. The van der Waals surface area contributed by atoms with E-state index in [1.165, 1.54) is 23.1 Å². The number of carbonyl (C=O) groups excluding carboxylic acids is 2. The Labute approximate surface area is 111 Å². The van der Waals surface area contributed by atoms with E-state index in [9.17, 15) is 14.0 Å². The Morgan fingerprint density at radius 2 is 2.00 bits per heavy atom. The zero-order valence-corrected chi connectivity index (χ0v) is 11.3. The first-order valence-corrected chi connectivity index (χ1v) is 5.91. The van der Waals surface area contributed by atoms with Gasteiger partial charge in [0.25, 0.3) is 5.91 Å². The maximum absolute atomic E-state index is 13.6. The van der Waals surface area contributed by atoms with Crippen LogP contribution >= 0.6 is 0 Å². The van der Waals surface area contributed by atoms with Crippen molar-refractivity contribution in [1.82, 2.24) is 10.2 Å². The molecular formula is C13H18FN3O2. The molecule has 2 N–H and O–H groups in total. The van der Waals surface area contributed by atoms with Crippen molar-refractivity contribution in [2.24, 2.45) is 0 Å². The van der Waals surface area contributed by atoms with Crippen molar-refractivity contribution in [3.05, 3.63) is 29.6 Å². The first kappa shape index (κ1) is 15.1. The summed E-state index contributed by atoms with van der Waals surface area (Å²) in [5.74, 6) is -1.24. The third-order valence-corrected chi connectivity index (χ3v) is 2.49. The molecule has 0 heterocycles. The molecular weight excluding hydrogens is 249 g/mol. The van der Waals surface area contributed by atoms with Gasteiger partial charge in [-0.2, -0.15) is 0 Å². The highest BCUT2D eigenvalue weighted by atomic mass is 19.1. The molecule has 0 fully saturated rings. The Bertz CT molecular complexity index is 475. The van der Waals surface area contributed by atoms with Crippen molar-refractivity contribution in [2.45, 2.75) is 6.42 Å². The topological polar surface area (TPSA) is 61.4 Å². The summed E-state index contributed by atoms with van der Waals surface area (Å²) in [6.45, 7) is 0.552. The van der Waals surface area contributed by atoms with Crippen molar-refractivity contribution < 1.29 is 14.0 Å². The Hall–Kier alpha value is -1.95. The second-order valence-electron chi connectivity index (χ2n) is 4.30.